The summed E-state index contributed by atoms with van der Waals surface area (Å²) in [5, 5.41) is 3.09. The molecule has 0 bridgehead atoms. The Labute approximate surface area is 120 Å². The van der Waals surface area contributed by atoms with Gasteiger partial charge in [-0.1, -0.05) is 12.5 Å². The molecule has 0 saturated carbocycles. The van der Waals surface area contributed by atoms with Gasteiger partial charge in [-0.2, -0.15) is 0 Å². The first-order valence-electron chi connectivity index (χ1n) is 7.02. The number of carbonyl (C=O) groups excluding carboxylic acids is 1. The van der Waals surface area contributed by atoms with E-state index in [2.05, 4.69) is 39.1 Å². The fourth-order valence-electron chi connectivity index (χ4n) is 2.52. The normalized spacial score (nSPS) is 20.0. The Morgan fingerprint density at radius 2 is 1.74 bits per heavy atom. The Hall–Kier alpha value is -0.960. The van der Waals surface area contributed by atoms with Gasteiger partial charge in [0.05, 0.1) is 5.25 Å². The van der Waals surface area contributed by atoms with Gasteiger partial charge in [-0.15, -0.1) is 11.8 Å². The monoisotopic (exact) mass is 277 g/mol. The average Bonchev–Trinajstić information content (AvgIpc) is 2.57. The number of thioether (sulfide) groups is 1. The lowest BCUT2D eigenvalue weighted by Crippen LogP contribution is -2.30. The van der Waals surface area contributed by atoms with Gasteiger partial charge < -0.3 is 5.32 Å². The molecule has 0 unspecified atom stereocenters. The van der Waals surface area contributed by atoms with Crippen LogP contribution in [0.1, 0.15) is 41.5 Å². The van der Waals surface area contributed by atoms with E-state index in [4.69, 9.17) is 0 Å². The largest absolute Gasteiger partial charge is 0.355 e. The van der Waals surface area contributed by atoms with Crippen LogP contribution < -0.4 is 5.32 Å². The van der Waals surface area contributed by atoms with Crippen molar-refractivity contribution in [1.29, 1.82) is 0 Å². The smallest absolute Gasteiger partial charge is 0.233 e. The summed E-state index contributed by atoms with van der Waals surface area (Å²) < 4.78 is 0. The zero-order valence-electron chi connectivity index (χ0n) is 12.3. The maximum absolute atomic E-state index is 12.1. The lowest BCUT2D eigenvalue weighted by atomic mass is 10.0. The van der Waals surface area contributed by atoms with Crippen LogP contribution in [-0.2, 0) is 4.79 Å². The van der Waals surface area contributed by atoms with Crippen LogP contribution >= 0.6 is 11.8 Å². The van der Waals surface area contributed by atoms with Gasteiger partial charge in [0.1, 0.15) is 0 Å². The summed E-state index contributed by atoms with van der Waals surface area (Å²) in [6.45, 7) is 9.47. The molecule has 0 radical (unpaired) electrons. The fourth-order valence-corrected chi connectivity index (χ4v) is 3.96. The summed E-state index contributed by atoms with van der Waals surface area (Å²) in [4.78, 5) is 13.4. The second-order valence-electron chi connectivity index (χ2n) is 5.48. The van der Waals surface area contributed by atoms with Crippen LogP contribution in [0.15, 0.2) is 11.0 Å². The minimum absolute atomic E-state index is 0.0705. The van der Waals surface area contributed by atoms with E-state index < -0.39 is 0 Å². The quantitative estimate of drug-likeness (QED) is 0.893. The Morgan fingerprint density at radius 1 is 1.11 bits per heavy atom. The van der Waals surface area contributed by atoms with E-state index in [9.17, 15) is 4.79 Å². The zero-order chi connectivity index (χ0) is 14.0. The van der Waals surface area contributed by atoms with E-state index in [-0.39, 0.29) is 11.2 Å². The minimum atomic E-state index is 0.0705. The predicted octanol–water partition coefficient (Wildman–Crippen LogP) is 3.68. The van der Waals surface area contributed by atoms with Gasteiger partial charge in [0.2, 0.25) is 5.91 Å². The molecule has 1 aliphatic heterocycles. The van der Waals surface area contributed by atoms with Gasteiger partial charge in [0.25, 0.3) is 0 Å². The van der Waals surface area contributed by atoms with Gasteiger partial charge in [-0.25, -0.2) is 0 Å². The number of hydrogen-bond donors (Lipinski definition) is 1. The molecular weight excluding hydrogens is 254 g/mol. The number of rotatable bonds is 2. The molecule has 1 aliphatic rings. The molecule has 1 saturated heterocycles. The number of hydrogen-bond acceptors (Lipinski definition) is 2. The SMILES string of the molecule is Cc1cc(C)c(C)c(S[C@H]2CCCCNC2=O)c1C. The summed E-state index contributed by atoms with van der Waals surface area (Å²) in [6.07, 6.45) is 3.23. The van der Waals surface area contributed by atoms with Crippen molar-refractivity contribution in [3.8, 4) is 0 Å². The highest BCUT2D eigenvalue weighted by molar-refractivity contribution is 8.00. The molecule has 1 aromatic rings. The van der Waals surface area contributed by atoms with Crippen molar-refractivity contribution < 1.29 is 4.79 Å². The molecule has 0 aliphatic carbocycles. The highest BCUT2D eigenvalue weighted by Crippen LogP contribution is 2.35. The first-order chi connectivity index (χ1) is 9.00. The van der Waals surface area contributed by atoms with Crippen LogP contribution in [0.3, 0.4) is 0 Å². The van der Waals surface area contributed by atoms with E-state index in [1.807, 2.05) is 0 Å². The molecule has 1 atom stereocenters. The molecule has 0 aromatic heterocycles. The second kappa shape index (κ2) is 6.00. The topological polar surface area (TPSA) is 29.1 Å². The summed E-state index contributed by atoms with van der Waals surface area (Å²) in [5.41, 5.74) is 5.29. The van der Waals surface area contributed by atoms with Crippen LogP contribution in [0, 0.1) is 27.7 Å². The maximum Gasteiger partial charge on any atom is 0.233 e. The number of aryl methyl sites for hydroxylation is 2. The lowest BCUT2D eigenvalue weighted by molar-refractivity contribution is -0.120. The van der Waals surface area contributed by atoms with Crippen LogP contribution in [0.4, 0.5) is 0 Å². The summed E-state index contributed by atoms with van der Waals surface area (Å²) in [5.74, 6) is 0.209. The Morgan fingerprint density at radius 3 is 2.37 bits per heavy atom. The molecule has 1 heterocycles. The van der Waals surface area contributed by atoms with Crippen molar-refractivity contribution in [1.82, 2.24) is 5.32 Å². The average molecular weight is 277 g/mol. The summed E-state index contributed by atoms with van der Waals surface area (Å²) >= 11 is 1.76. The molecule has 104 valence electrons. The van der Waals surface area contributed by atoms with Gasteiger partial charge in [-0.3, -0.25) is 4.79 Å². The predicted molar refractivity (Wildman–Crippen MR) is 81.9 cm³/mol. The van der Waals surface area contributed by atoms with Crippen molar-refractivity contribution in [2.75, 3.05) is 6.54 Å². The highest BCUT2D eigenvalue weighted by atomic mass is 32.2. The van der Waals surface area contributed by atoms with E-state index in [0.29, 0.717) is 0 Å². The number of amides is 1. The van der Waals surface area contributed by atoms with Crippen molar-refractivity contribution in [3.05, 3.63) is 28.3 Å². The number of carbonyl (C=O) groups is 1. The molecule has 3 heteroatoms. The first-order valence-corrected chi connectivity index (χ1v) is 7.90. The maximum atomic E-state index is 12.1. The van der Waals surface area contributed by atoms with Crippen molar-refractivity contribution >= 4 is 17.7 Å². The first kappa shape index (κ1) is 14.4. The van der Waals surface area contributed by atoms with Crippen molar-refractivity contribution in [3.63, 3.8) is 0 Å². The van der Waals surface area contributed by atoms with E-state index in [1.165, 1.54) is 27.1 Å². The molecule has 1 amide bonds. The summed E-state index contributed by atoms with van der Waals surface area (Å²) in [7, 11) is 0. The van der Waals surface area contributed by atoms with E-state index in [0.717, 1.165) is 25.8 Å². The standard InChI is InChI=1S/C16H23NOS/c1-10-9-11(2)13(4)15(12(10)3)19-14-7-5-6-8-17-16(14)18/h9,14H,5-8H2,1-4H3,(H,17,18)/t14-/m0/s1. The second-order valence-corrected chi connectivity index (χ2v) is 6.70. The van der Waals surface area contributed by atoms with Crippen molar-refractivity contribution in [2.45, 2.75) is 57.1 Å². The molecular formula is C16H23NOS. The molecule has 19 heavy (non-hydrogen) atoms. The third kappa shape index (κ3) is 3.14. The number of nitrogens with one attached hydrogen (secondary N) is 1. The Bertz CT molecular complexity index is 470. The lowest BCUT2D eigenvalue weighted by Gasteiger charge is -2.19. The van der Waals surface area contributed by atoms with Crippen molar-refractivity contribution in [2.24, 2.45) is 0 Å². The highest BCUT2D eigenvalue weighted by Gasteiger charge is 2.23. The minimum Gasteiger partial charge on any atom is -0.355 e. The van der Waals surface area contributed by atoms with Crippen LogP contribution in [0.2, 0.25) is 0 Å². The van der Waals surface area contributed by atoms with Crippen LogP contribution in [-0.4, -0.2) is 17.7 Å². The third-order valence-electron chi connectivity index (χ3n) is 4.04. The molecule has 2 nitrogen and oxygen atoms in total. The molecule has 1 fully saturated rings. The fraction of sp³-hybridized carbons (Fsp3) is 0.562. The Balaban J connectivity index is 2.29. The molecule has 2 rings (SSSR count). The Kier molecular flexibility index (Phi) is 4.56. The van der Waals surface area contributed by atoms with Gasteiger partial charge in [0, 0.05) is 11.4 Å². The van der Waals surface area contributed by atoms with E-state index >= 15 is 0 Å². The van der Waals surface area contributed by atoms with Crippen LogP contribution in [0.5, 0.6) is 0 Å². The summed E-state index contributed by atoms with van der Waals surface area (Å²) in [6, 6.07) is 2.24. The molecule has 0 spiro atoms. The third-order valence-corrected chi connectivity index (χ3v) is 5.62. The van der Waals surface area contributed by atoms with E-state index in [1.54, 1.807) is 11.8 Å². The molecule has 1 aromatic carbocycles. The number of benzene rings is 1. The zero-order valence-corrected chi connectivity index (χ0v) is 13.1. The van der Waals surface area contributed by atoms with Gasteiger partial charge >= 0.3 is 0 Å². The van der Waals surface area contributed by atoms with Gasteiger partial charge in [-0.05, 0) is 62.8 Å². The van der Waals surface area contributed by atoms with Gasteiger partial charge in [0.15, 0.2) is 0 Å². The molecule has 1 N–H and O–H groups in total. The van der Waals surface area contributed by atoms with Crippen LogP contribution in [0.25, 0.3) is 0 Å².